The normalized spacial score (nSPS) is 21.7. The fraction of sp³-hybridized carbons (Fsp3) is 0.640. The van der Waals surface area contributed by atoms with Crippen molar-refractivity contribution in [2.24, 2.45) is 0 Å². The number of allylic oxidation sites excluding steroid dienone is 2. The van der Waals surface area contributed by atoms with E-state index in [1.807, 2.05) is 20.8 Å². The number of rotatable bonds is 9. The summed E-state index contributed by atoms with van der Waals surface area (Å²) < 4.78 is 56.7. The van der Waals surface area contributed by atoms with Gasteiger partial charge in [-0.15, -0.1) is 11.3 Å². The lowest BCUT2D eigenvalue weighted by atomic mass is 9.98. The van der Waals surface area contributed by atoms with E-state index in [0.29, 0.717) is 11.3 Å². The monoisotopic (exact) mass is 561 g/mol. The molecule has 0 aromatic carbocycles. The third-order valence-electron chi connectivity index (χ3n) is 6.47. The Hall–Kier alpha value is -2.51. The number of carbonyl (C=O) groups excluding carboxylic acids is 2. The number of hydrogen-bond donors (Lipinski definition) is 4. The van der Waals surface area contributed by atoms with E-state index in [-0.39, 0.29) is 38.8 Å². The molecule has 2 unspecified atom stereocenters. The number of halogens is 4. The van der Waals surface area contributed by atoms with Crippen molar-refractivity contribution in [3.8, 4) is 0 Å². The number of aliphatic hydroxyl groups is 1. The average molecular weight is 562 g/mol. The summed E-state index contributed by atoms with van der Waals surface area (Å²) in [5, 5.41) is 18.4. The van der Waals surface area contributed by atoms with Gasteiger partial charge in [0, 0.05) is 41.9 Å². The van der Waals surface area contributed by atoms with Gasteiger partial charge in [-0.3, -0.25) is 14.9 Å². The molecule has 1 aromatic heterocycles. The zero-order valence-corrected chi connectivity index (χ0v) is 23.1. The third-order valence-corrected chi connectivity index (χ3v) is 7.56. The number of thiazole rings is 1. The summed E-state index contributed by atoms with van der Waals surface area (Å²) in [6.07, 6.45) is -0.720. The van der Waals surface area contributed by atoms with Crippen molar-refractivity contribution < 1.29 is 32.3 Å². The number of carbonyl (C=O) groups is 2. The van der Waals surface area contributed by atoms with Gasteiger partial charge in [-0.2, -0.15) is 0 Å². The lowest BCUT2D eigenvalue weighted by Crippen LogP contribution is -2.51. The van der Waals surface area contributed by atoms with E-state index in [9.17, 15) is 32.3 Å². The van der Waals surface area contributed by atoms with Crippen molar-refractivity contribution in [2.75, 3.05) is 13.1 Å². The summed E-state index contributed by atoms with van der Waals surface area (Å²) in [7, 11) is 0. The van der Waals surface area contributed by atoms with E-state index >= 15 is 0 Å². The van der Waals surface area contributed by atoms with Crippen LogP contribution >= 0.6 is 11.3 Å². The van der Waals surface area contributed by atoms with Crippen LogP contribution in [0.25, 0.3) is 5.57 Å². The van der Waals surface area contributed by atoms with Gasteiger partial charge in [0.1, 0.15) is 5.69 Å². The van der Waals surface area contributed by atoms with Gasteiger partial charge in [0.05, 0.1) is 23.2 Å². The zero-order chi connectivity index (χ0) is 28.6. The first-order chi connectivity index (χ1) is 17.4. The fourth-order valence-electron chi connectivity index (χ4n) is 4.10. The van der Waals surface area contributed by atoms with Crippen LogP contribution in [0.3, 0.4) is 0 Å². The minimum absolute atomic E-state index is 0.0296. The van der Waals surface area contributed by atoms with Crippen LogP contribution in [-0.2, 0) is 0 Å². The summed E-state index contributed by atoms with van der Waals surface area (Å²) in [6.45, 7) is 9.27. The van der Waals surface area contributed by atoms with Crippen LogP contribution in [0.15, 0.2) is 17.8 Å². The van der Waals surface area contributed by atoms with E-state index < -0.39 is 54.9 Å². The number of nitrogens with zero attached hydrogens (tertiary/aromatic N) is 2. The third kappa shape index (κ3) is 7.11. The van der Waals surface area contributed by atoms with E-state index in [4.69, 9.17) is 0 Å². The van der Waals surface area contributed by atoms with Crippen molar-refractivity contribution in [3.63, 3.8) is 0 Å². The summed E-state index contributed by atoms with van der Waals surface area (Å²) in [5.41, 5.74) is -2.38. The van der Waals surface area contributed by atoms with Crippen LogP contribution in [0.4, 0.5) is 17.6 Å². The van der Waals surface area contributed by atoms with Crippen LogP contribution in [0, 0.1) is 0 Å². The minimum atomic E-state index is -3.09. The van der Waals surface area contributed by atoms with Crippen molar-refractivity contribution >= 4 is 28.7 Å². The van der Waals surface area contributed by atoms with Crippen molar-refractivity contribution in [1.29, 1.82) is 0 Å². The highest BCUT2D eigenvalue weighted by Crippen LogP contribution is 2.38. The molecule has 4 N–H and O–H groups in total. The second kappa shape index (κ2) is 10.9. The Morgan fingerprint density at radius 1 is 1.32 bits per heavy atom. The van der Waals surface area contributed by atoms with Crippen LogP contribution in [-0.4, -0.2) is 75.6 Å². The zero-order valence-electron chi connectivity index (χ0n) is 22.3. The molecule has 0 saturated carbocycles. The second-order valence-electron chi connectivity index (χ2n) is 11.0. The maximum atomic E-state index is 14.3. The number of nitrogens with one attached hydrogen (secondary N) is 3. The first-order valence-corrected chi connectivity index (χ1v) is 13.2. The van der Waals surface area contributed by atoms with Gasteiger partial charge in [0.15, 0.2) is 5.01 Å². The van der Waals surface area contributed by atoms with Crippen molar-refractivity contribution in [2.45, 2.75) is 90.1 Å². The number of amides is 2. The smallest absolute Gasteiger partial charge is 0.280 e. The molecule has 1 fully saturated rings. The first-order valence-electron chi connectivity index (χ1n) is 12.4. The van der Waals surface area contributed by atoms with Crippen LogP contribution < -0.4 is 16.0 Å². The Bertz CT molecular complexity index is 1130. The van der Waals surface area contributed by atoms with Crippen molar-refractivity contribution in [3.05, 3.63) is 33.4 Å². The summed E-state index contributed by atoms with van der Waals surface area (Å²) in [5.74, 6) is -4.69. The Balaban J connectivity index is 2.03. The Morgan fingerprint density at radius 3 is 2.50 bits per heavy atom. The summed E-state index contributed by atoms with van der Waals surface area (Å²) >= 11 is 0.710. The average Bonchev–Trinajstić information content (AvgIpc) is 3.36. The highest BCUT2D eigenvalue weighted by Gasteiger charge is 2.46. The SMILES string of the molecule is CCC(C)(C)NC1C=C(C(F)F)C(c2sc(C(=O)NCC(C)(C)O)nc2C(=O)N2CC(F)(F)CC2C)=CN1. The van der Waals surface area contributed by atoms with Gasteiger partial charge in [-0.25, -0.2) is 22.5 Å². The van der Waals surface area contributed by atoms with Crippen LogP contribution in [0.1, 0.15) is 79.6 Å². The van der Waals surface area contributed by atoms with E-state index in [2.05, 4.69) is 20.9 Å². The molecule has 3 rings (SSSR count). The Morgan fingerprint density at radius 2 is 1.97 bits per heavy atom. The molecule has 212 valence electrons. The van der Waals surface area contributed by atoms with Crippen molar-refractivity contribution in [1.82, 2.24) is 25.8 Å². The quantitative estimate of drug-likeness (QED) is 0.342. The molecule has 2 atom stereocenters. The molecule has 0 radical (unpaired) electrons. The Kier molecular flexibility index (Phi) is 8.64. The molecule has 2 aliphatic rings. The minimum Gasteiger partial charge on any atom is -0.389 e. The van der Waals surface area contributed by atoms with Crippen LogP contribution in [0.2, 0.25) is 0 Å². The van der Waals surface area contributed by atoms with Gasteiger partial charge < -0.3 is 20.6 Å². The molecular weight excluding hydrogens is 526 g/mol. The van der Waals surface area contributed by atoms with Gasteiger partial charge in [0.25, 0.3) is 24.2 Å². The predicted molar refractivity (Wildman–Crippen MR) is 137 cm³/mol. The molecule has 0 aliphatic carbocycles. The van der Waals surface area contributed by atoms with Gasteiger partial charge in [0.2, 0.25) is 0 Å². The highest BCUT2D eigenvalue weighted by molar-refractivity contribution is 7.15. The molecule has 0 bridgehead atoms. The number of likely N-dealkylation sites (tertiary alicyclic amines) is 1. The number of dihydropyridines is 1. The molecule has 3 heterocycles. The largest absolute Gasteiger partial charge is 0.389 e. The molecule has 2 aliphatic heterocycles. The molecule has 0 spiro atoms. The second-order valence-corrected chi connectivity index (χ2v) is 12.0. The fourth-order valence-corrected chi connectivity index (χ4v) is 5.12. The van der Waals surface area contributed by atoms with Gasteiger partial charge in [-0.05, 0) is 47.1 Å². The molecule has 13 heteroatoms. The van der Waals surface area contributed by atoms with E-state index in [1.165, 1.54) is 33.0 Å². The summed E-state index contributed by atoms with van der Waals surface area (Å²) in [6, 6.07) is -0.812. The first kappa shape index (κ1) is 30.0. The van der Waals surface area contributed by atoms with Gasteiger partial charge in [-0.1, -0.05) is 6.92 Å². The lowest BCUT2D eigenvalue weighted by molar-refractivity contribution is 0.0117. The molecule has 38 heavy (non-hydrogen) atoms. The van der Waals surface area contributed by atoms with Crippen LogP contribution in [0.5, 0.6) is 0 Å². The number of aromatic nitrogens is 1. The number of alkyl halides is 4. The Labute approximate surface area is 223 Å². The van der Waals surface area contributed by atoms with E-state index in [1.54, 1.807) is 0 Å². The summed E-state index contributed by atoms with van der Waals surface area (Å²) in [4.78, 5) is 31.3. The molecule has 1 aromatic rings. The maximum absolute atomic E-state index is 14.3. The number of hydrogen-bond acceptors (Lipinski definition) is 7. The molecule has 1 saturated heterocycles. The topological polar surface area (TPSA) is 107 Å². The lowest BCUT2D eigenvalue weighted by Gasteiger charge is -2.32. The maximum Gasteiger partial charge on any atom is 0.280 e. The standard InChI is InChI=1S/C25H35F4N5O3S/c1-7-23(3,4)33-16-8-14(19(26)27)15(10-30-16)18-17(22(36)34-12-25(28,29)9-13(34)2)32-21(38-18)20(35)31-11-24(5,6)37/h8,10,13,16,19,30,33,37H,7,9,11-12H2,1-6H3,(H,31,35). The van der Waals surface area contributed by atoms with Gasteiger partial charge >= 0.3 is 0 Å². The highest BCUT2D eigenvalue weighted by atomic mass is 32.1. The predicted octanol–water partition coefficient (Wildman–Crippen LogP) is 3.75. The van der Waals surface area contributed by atoms with E-state index in [0.717, 1.165) is 11.3 Å². The molecular formula is C25H35F4N5O3S. The molecule has 8 nitrogen and oxygen atoms in total. The molecule has 2 amide bonds.